The van der Waals surface area contributed by atoms with Gasteiger partial charge in [-0.1, -0.05) is 157 Å². The van der Waals surface area contributed by atoms with E-state index < -0.39 is 10.8 Å². The molecule has 0 radical (unpaired) electrons. The van der Waals surface area contributed by atoms with Gasteiger partial charge >= 0.3 is 0 Å². The summed E-state index contributed by atoms with van der Waals surface area (Å²) in [5, 5.41) is 0.720. The maximum absolute atomic E-state index is 7.16. The second-order valence-electron chi connectivity index (χ2n) is 12.5. The Morgan fingerprint density at radius 1 is 0.391 bits per heavy atom. The highest BCUT2D eigenvalue weighted by atomic mass is 35.5. The van der Waals surface area contributed by atoms with E-state index in [9.17, 15) is 0 Å². The van der Waals surface area contributed by atoms with Crippen molar-refractivity contribution in [3.05, 3.63) is 213 Å². The van der Waals surface area contributed by atoms with Crippen LogP contribution in [0.2, 0.25) is 5.02 Å². The SMILES string of the molecule is Clc1ccc2c(c1)C(c1ccccc1)(c1ccccc1)c1ccc3c(c1-2)Oc1ccccc1C31c2ccccc2-c2ccccc21. The van der Waals surface area contributed by atoms with E-state index in [0.717, 1.165) is 27.6 Å². The van der Waals surface area contributed by atoms with E-state index in [1.807, 2.05) is 6.07 Å². The van der Waals surface area contributed by atoms with Crippen LogP contribution in [0.4, 0.5) is 0 Å². The zero-order valence-corrected chi connectivity index (χ0v) is 25.6. The number of hydrogen-bond acceptors (Lipinski definition) is 1. The van der Waals surface area contributed by atoms with E-state index in [1.54, 1.807) is 0 Å². The monoisotopic (exact) mass is 606 g/mol. The standard InChI is InChI=1S/C44H27ClO/c45-30-23-24-33-39(27-30)43(28-13-3-1-4-14-28,29-15-5-2-6-16-29)37-25-26-38-42(41(33)37)46-40-22-12-11-21-36(40)44(38)34-19-9-7-17-31(34)32-18-8-10-20-35(32)44/h1-27H. The summed E-state index contributed by atoms with van der Waals surface area (Å²) in [5.74, 6) is 1.81. The first-order valence-electron chi connectivity index (χ1n) is 15.8. The van der Waals surface area contributed by atoms with E-state index >= 15 is 0 Å². The Labute approximate surface area is 273 Å². The maximum atomic E-state index is 7.16. The summed E-state index contributed by atoms with van der Waals surface area (Å²) in [7, 11) is 0. The van der Waals surface area contributed by atoms with Crippen LogP contribution in [0.3, 0.4) is 0 Å². The van der Waals surface area contributed by atoms with Crippen LogP contribution in [-0.4, -0.2) is 0 Å². The summed E-state index contributed by atoms with van der Waals surface area (Å²) in [6, 6.07) is 59.1. The summed E-state index contributed by atoms with van der Waals surface area (Å²) in [6.07, 6.45) is 0. The van der Waals surface area contributed by atoms with Gasteiger partial charge in [-0.15, -0.1) is 0 Å². The molecule has 1 nitrogen and oxygen atoms in total. The Morgan fingerprint density at radius 2 is 0.935 bits per heavy atom. The summed E-state index contributed by atoms with van der Waals surface area (Å²) in [6.45, 7) is 0. The fourth-order valence-corrected chi connectivity index (χ4v) is 9.03. The smallest absolute Gasteiger partial charge is 0.140 e. The number of hydrogen-bond donors (Lipinski definition) is 0. The van der Waals surface area contributed by atoms with Crippen LogP contribution in [0, 0.1) is 0 Å². The van der Waals surface area contributed by atoms with Crippen molar-refractivity contribution in [3.8, 4) is 33.8 Å². The van der Waals surface area contributed by atoms with Gasteiger partial charge in [0, 0.05) is 21.7 Å². The molecule has 3 aliphatic rings. The molecule has 0 fully saturated rings. The van der Waals surface area contributed by atoms with E-state index in [1.165, 1.54) is 55.6 Å². The Bertz CT molecular complexity index is 2270. The molecule has 0 bridgehead atoms. The van der Waals surface area contributed by atoms with E-state index in [0.29, 0.717) is 0 Å². The van der Waals surface area contributed by atoms with Gasteiger partial charge in [0.25, 0.3) is 0 Å². The largest absolute Gasteiger partial charge is 0.456 e. The molecule has 0 unspecified atom stereocenters. The zero-order valence-electron chi connectivity index (χ0n) is 24.9. The number of para-hydroxylation sites is 1. The third-order valence-electron chi connectivity index (χ3n) is 10.5. The molecule has 216 valence electrons. The van der Waals surface area contributed by atoms with Gasteiger partial charge in [0.15, 0.2) is 0 Å². The summed E-state index contributed by atoms with van der Waals surface area (Å²) in [5.41, 5.74) is 13.4. The fraction of sp³-hybridized carbons (Fsp3) is 0.0455. The van der Waals surface area contributed by atoms with Gasteiger partial charge in [0.05, 0.1) is 10.8 Å². The average Bonchev–Trinajstić information content (AvgIpc) is 3.58. The van der Waals surface area contributed by atoms with Crippen LogP contribution < -0.4 is 4.74 Å². The predicted molar refractivity (Wildman–Crippen MR) is 186 cm³/mol. The van der Waals surface area contributed by atoms with Crippen molar-refractivity contribution in [2.24, 2.45) is 0 Å². The first-order valence-corrected chi connectivity index (χ1v) is 16.2. The minimum absolute atomic E-state index is 0.524. The van der Waals surface area contributed by atoms with E-state index in [-0.39, 0.29) is 0 Å². The second-order valence-corrected chi connectivity index (χ2v) is 12.9. The lowest BCUT2D eigenvalue weighted by Crippen LogP contribution is -2.33. The number of fused-ring (bicyclic) bond motifs is 13. The minimum atomic E-state index is -0.577. The van der Waals surface area contributed by atoms with Crippen molar-refractivity contribution in [2.45, 2.75) is 10.8 Å². The van der Waals surface area contributed by atoms with Gasteiger partial charge in [-0.2, -0.15) is 0 Å². The molecular formula is C44H27ClO. The quantitative estimate of drug-likeness (QED) is 0.190. The van der Waals surface area contributed by atoms with Gasteiger partial charge in [0.1, 0.15) is 11.5 Å². The number of benzene rings is 7. The molecule has 2 heteroatoms. The lowest BCUT2D eigenvalue weighted by atomic mass is 9.64. The highest BCUT2D eigenvalue weighted by molar-refractivity contribution is 6.30. The molecule has 0 N–H and O–H groups in total. The Morgan fingerprint density at radius 3 is 1.59 bits per heavy atom. The lowest BCUT2D eigenvalue weighted by Gasteiger charge is -2.40. The first-order chi connectivity index (χ1) is 22.7. The van der Waals surface area contributed by atoms with Gasteiger partial charge in [0.2, 0.25) is 0 Å². The predicted octanol–water partition coefficient (Wildman–Crippen LogP) is 11.2. The number of rotatable bonds is 2. The minimum Gasteiger partial charge on any atom is -0.456 e. The number of ether oxygens (including phenoxy) is 1. The molecule has 0 saturated heterocycles. The van der Waals surface area contributed by atoms with Crippen LogP contribution >= 0.6 is 11.6 Å². The topological polar surface area (TPSA) is 9.23 Å². The van der Waals surface area contributed by atoms with E-state index in [2.05, 4.69) is 158 Å². The number of halogens is 1. The molecule has 0 amide bonds. The van der Waals surface area contributed by atoms with Crippen LogP contribution in [0.15, 0.2) is 164 Å². The molecule has 1 spiro atoms. The molecule has 10 rings (SSSR count). The van der Waals surface area contributed by atoms with Gasteiger partial charge in [-0.25, -0.2) is 0 Å². The first kappa shape index (κ1) is 25.9. The third kappa shape index (κ3) is 3.06. The van der Waals surface area contributed by atoms with Crippen molar-refractivity contribution >= 4 is 11.6 Å². The Kier molecular flexibility index (Phi) is 5.25. The highest BCUT2D eigenvalue weighted by Crippen LogP contribution is 2.67. The van der Waals surface area contributed by atoms with Crippen molar-refractivity contribution < 1.29 is 4.74 Å². The third-order valence-corrected chi connectivity index (χ3v) is 10.7. The molecule has 1 heterocycles. The molecule has 7 aromatic rings. The fourth-order valence-electron chi connectivity index (χ4n) is 8.85. The summed E-state index contributed by atoms with van der Waals surface area (Å²) in [4.78, 5) is 0. The van der Waals surface area contributed by atoms with Crippen LogP contribution in [0.1, 0.15) is 44.5 Å². The average molecular weight is 607 g/mol. The van der Waals surface area contributed by atoms with Crippen molar-refractivity contribution in [3.63, 3.8) is 0 Å². The van der Waals surface area contributed by atoms with Crippen molar-refractivity contribution in [1.29, 1.82) is 0 Å². The molecule has 46 heavy (non-hydrogen) atoms. The second kappa shape index (κ2) is 9.33. The van der Waals surface area contributed by atoms with Crippen LogP contribution in [-0.2, 0) is 10.8 Å². The molecule has 2 aliphatic carbocycles. The van der Waals surface area contributed by atoms with Crippen LogP contribution in [0.5, 0.6) is 11.5 Å². The molecule has 1 aliphatic heterocycles. The molecule has 7 aromatic carbocycles. The molecule has 0 aromatic heterocycles. The molecule has 0 atom stereocenters. The zero-order chi connectivity index (χ0) is 30.5. The molecular weight excluding hydrogens is 580 g/mol. The Hall–Kier alpha value is -5.37. The highest BCUT2D eigenvalue weighted by Gasteiger charge is 2.54. The maximum Gasteiger partial charge on any atom is 0.140 e. The van der Waals surface area contributed by atoms with Crippen LogP contribution in [0.25, 0.3) is 22.3 Å². The summed E-state index contributed by atoms with van der Waals surface area (Å²) >= 11 is 6.86. The molecule has 0 saturated carbocycles. The normalized spacial score (nSPS) is 15.2. The van der Waals surface area contributed by atoms with Gasteiger partial charge < -0.3 is 4.74 Å². The Balaban J connectivity index is 1.39. The van der Waals surface area contributed by atoms with E-state index in [4.69, 9.17) is 16.3 Å². The lowest BCUT2D eigenvalue weighted by molar-refractivity contribution is 0.437. The van der Waals surface area contributed by atoms with Gasteiger partial charge in [-0.3, -0.25) is 0 Å². The van der Waals surface area contributed by atoms with Crippen molar-refractivity contribution in [2.75, 3.05) is 0 Å². The van der Waals surface area contributed by atoms with Gasteiger partial charge in [-0.05, 0) is 68.3 Å². The summed E-state index contributed by atoms with van der Waals surface area (Å²) < 4.78 is 7.16. The van der Waals surface area contributed by atoms with Crippen molar-refractivity contribution in [1.82, 2.24) is 0 Å².